The molecule has 1 aromatic carbocycles. The van der Waals surface area contributed by atoms with Gasteiger partial charge in [-0.2, -0.15) is 0 Å². The van der Waals surface area contributed by atoms with Gasteiger partial charge in [-0.05, 0) is 18.4 Å². The summed E-state index contributed by atoms with van der Waals surface area (Å²) in [5.41, 5.74) is 0.734. The van der Waals surface area contributed by atoms with Crippen molar-refractivity contribution in [3.05, 3.63) is 30.3 Å². The van der Waals surface area contributed by atoms with E-state index in [4.69, 9.17) is 0 Å². The molecule has 0 bridgehead atoms. The Kier molecular flexibility index (Phi) is 3.21. The van der Waals surface area contributed by atoms with Crippen molar-refractivity contribution in [1.29, 1.82) is 0 Å². The van der Waals surface area contributed by atoms with Crippen LogP contribution in [0.5, 0.6) is 0 Å². The monoisotopic (exact) mass is 269 g/mol. The third kappa shape index (κ3) is 2.50. The topological polar surface area (TPSA) is 64.8 Å². The summed E-state index contributed by atoms with van der Waals surface area (Å²) in [6, 6.07) is 9.20. The van der Waals surface area contributed by atoms with Crippen molar-refractivity contribution in [2.75, 3.05) is 12.5 Å². The minimum Gasteiger partial charge on any atom is -0.222 e. The van der Waals surface area contributed by atoms with Gasteiger partial charge in [0.25, 0.3) is 0 Å². The molecule has 0 atom stereocenters. The third-order valence-corrected chi connectivity index (χ3v) is 3.85. The molecule has 5 nitrogen and oxygen atoms in total. The fourth-order valence-corrected chi connectivity index (χ4v) is 2.98. The number of para-hydroxylation sites is 1. The number of thioether (sulfide) groups is 1. The van der Waals surface area contributed by atoms with E-state index in [-0.39, 0.29) is 5.03 Å². The summed E-state index contributed by atoms with van der Waals surface area (Å²) in [4.78, 5) is 1.34. The number of hydrogen-bond donors (Lipinski definition) is 0. The van der Waals surface area contributed by atoms with Gasteiger partial charge in [0.1, 0.15) is 0 Å². The van der Waals surface area contributed by atoms with Gasteiger partial charge in [0.05, 0.1) is 5.69 Å². The maximum atomic E-state index is 11.5. The number of rotatable bonds is 3. The van der Waals surface area contributed by atoms with Crippen LogP contribution in [0.3, 0.4) is 0 Å². The Morgan fingerprint density at radius 1 is 1.18 bits per heavy atom. The molecule has 0 N–H and O–H groups in total. The fourth-order valence-electron chi connectivity index (χ4n) is 1.32. The lowest BCUT2D eigenvalue weighted by Crippen LogP contribution is -2.02. The third-order valence-electron chi connectivity index (χ3n) is 2.09. The van der Waals surface area contributed by atoms with Crippen molar-refractivity contribution in [3.63, 3.8) is 0 Å². The van der Waals surface area contributed by atoms with Crippen LogP contribution < -0.4 is 0 Å². The SMILES string of the molecule is CSc1nn(-c2ccccc2)nc1S(C)(=O)=O. The molecular weight excluding hydrogens is 258 g/mol. The summed E-state index contributed by atoms with van der Waals surface area (Å²) in [7, 11) is -3.35. The zero-order valence-electron chi connectivity index (χ0n) is 9.36. The van der Waals surface area contributed by atoms with Crippen LogP contribution in [0.15, 0.2) is 40.4 Å². The van der Waals surface area contributed by atoms with Gasteiger partial charge >= 0.3 is 0 Å². The van der Waals surface area contributed by atoms with Crippen LogP contribution in [0.2, 0.25) is 0 Å². The molecule has 2 rings (SSSR count). The Morgan fingerprint density at radius 3 is 2.29 bits per heavy atom. The minimum atomic E-state index is -3.35. The average Bonchev–Trinajstić information content (AvgIpc) is 2.74. The van der Waals surface area contributed by atoms with E-state index in [1.807, 2.05) is 30.3 Å². The summed E-state index contributed by atoms with van der Waals surface area (Å²) in [5.74, 6) is 0. The van der Waals surface area contributed by atoms with Gasteiger partial charge in [-0.1, -0.05) is 18.2 Å². The predicted octanol–water partition coefficient (Wildman–Crippen LogP) is 1.39. The van der Waals surface area contributed by atoms with Gasteiger partial charge in [0, 0.05) is 6.26 Å². The highest BCUT2D eigenvalue weighted by Crippen LogP contribution is 2.21. The summed E-state index contributed by atoms with van der Waals surface area (Å²) in [6.07, 6.45) is 2.90. The van der Waals surface area contributed by atoms with E-state index in [1.165, 1.54) is 16.6 Å². The minimum absolute atomic E-state index is 0.0221. The van der Waals surface area contributed by atoms with E-state index in [0.29, 0.717) is 5.03 Å². The second kappa shape index (κ2) is 4.50. The van der Waals surface area contributed by atoms with Crippen LogP contribution in [0.25, 0.3) is 5.69 Å². The first-order valence-electron chi connectivity index (χ1n) is 4.79. The van der Waals surface area contributed by atoms with Crippen LogP contribution in [-0.2, 0) is 9.84 Å². The van der Waals surface area contributed by atoms with Crippen molar-refractivity contribution in [3.8, 4) is 5.69 Å². The van der Waals surface area contributed by atoms with Crippen molar-refractivity contribution in [2.45, 2.75) is 10.1 Å². The predicted molar refractivity (Wildman–Crippen MR) is 66.2 cm³/mol. The molecule has 1 heterocycles. The number of nitrogens with zero attached hydrogens (tertiary/aromatic N) is 3. The summed E-state index contributed by atoms with van der Waals surface area (Å²) in [5, 5.41) is 8.61. The van der Waals surface area contributed by atoms with Crippen molar-refractivity contribution in [2.24, 2.45) is 0 Å². The maximum Gasteiger partial charge on any atom is 0.211 e. The van der Waals surface area contributed by atoms with Crippen molar-refractivity contribution in [1.82, 2.24) is 15.0 Å². The standard InChI is InChI=1S/C10H11N3O2S2/c1-16-9-10(17(2,14)15)12-13(11-9)8-6-4-3-5-7-8/h3-7H,1-2H3. The van der Waals surface area contributed by atoms with Crippen LogP contribution in [0.1, 0.15) is 0 Å². The summed E-state index contributed by atoms with van der Waals surface area (Å²) in [6.45, 7) is 0. The van der Waals surface area contributed by atoms with Crippen LogP contribution in [0.4, 0.5) is 0 Å². The molecule has 17 heavy (non-hydrogen) atoms. The van der Waals surface area contributed by atoms with Crippen LogP contribution >= 0.6 is 11.8 Å². The lowest BCUT2D eigenvalue weighted by Gasteiger charge is -1.96. The first-order valence-corrected chi connectivity index (χ1v) is 7.91. The smallest absolute Gasteiger partial charge is 0.211 e. The molecule has 0 aliphatic carbocycles. The van der Waals surface area contributed by atoms with Gasteiger partial charge in [-0.15, -0.1) is 26.8 Å². The Morgan fingerprint density at radius 2 is 1.82 bits per heavy atom. The highest BCUT2D eigenvalue weighted by molar-refractivity contribution is 7.99. The van der Waals surface area contributed by atoms with Crippen molar-refractivity contribution < 1.29 is 8.42 Å². The summed E-state index contributed by atoms with van der Waals surface area (Å²) >= 11 is 1.26. The number of sulfone groups is 1. The molecule has 90 valence electrons. The first kappa shape index (κ1) is 12.1. The molecule has 0 radical (unpaired) electrons. The molecule has 0 aliphatic rings. The number of aromatic nitrogens is 3. The lowest BCUT2D eigenvalue weighted by molar-refractivity contribution is 0.594. The first-order chi connectivity index (χ1) is 8.02. The van der Waals surface area contributed by atoms with E-state index in [2.05, 4.69) is 10.2 Å². The summed E-state index contributed by atoms with van der Waals surface area (Å²) < 4.78 is 23.1. The Balaban J connectivity index is 2.57. The quantitative estimate of drug-likeness (QED) is 0.788. The van der Waals surface area contributed by atoms with Gasteiger partial charge in [-0.3, -0.25) is 0 Å². The maximum absolute atomic E-state index is 11.5. The van der Waals surface area contributed by atoms with Gasteiger partial charge < -0.3 is 0 Å². The van der Waals surface area contributed by atoms with Crippen LogP contribution in [-0.4, -0.2) is 35.9 Å². The Hall–Kier alpha value is -1.34. The second-order valence-electron chi connectivity index (χ2n) is 3.41. The van der Waals surface area contributed by atoms with Gasteiger partial charge in [0.2, 0.25) is 5.03 Å². The number of benzene rings is 1. The fraction of sp³-hybridized carbons (Fsp3) is 0.200. The highest BCUT2D eigenvalue weighted by Gasteiger charge is 2.20. The largest absolute Gasteiger partial charge is 0.222 e. The molecule has 0 amide bonds. The molecular formula is C10H11N3O2S2. The van der Waals surface area contributed by atoms with E-state index >= 15 is 0 Å². The molecule has 7 heteroatoms. The molecule has 2 aromatic rings. The zero-order valence-corrected chi connectivity index (χ0v) is 11.0. The average molecular weight is 269 g/mol. The Bertz CT molecular complexity index is 620. The van der Waals surface area contributed by atoms with Gasteiger partial charge in [-0.25, -0.2) is 8.42 Å². The molecule has 0 unspecified atom stereocenters. The van der Waals surface area contributed by atoms with E-state index < -0.39 is 9.84 Å². The molecule has 0 fully saturated rings. The van der Waals surface area contributed by atoms with E-state index in [1.54, 1.807) is 6.26 Å². The zero-order chi connectivity index (χ0) is 12.5. The van der Waals surface area contributed by atoms with E-state index in [9.17, 15) is 8.42 Å². The molecule has 0 saturated carbocycles. The molecule has 1 aromatic heterocycles. The van der Waals surface area contributed by atoms with E-state index in [0.717, 1.165) is 11.9 Å². The van der Waals surface area contributed by atoms with Gasteiger partial charge in [0.15, 0.2) is 14.9 Å². The highest BCUT2D eigenvalue weighted by atomic mass is 32.2. The van der Waals surface area contributed by atoms with Crippen LogP contribution in [0, 0.1) is 0 Å². The second-order valence-corrected chi connectivity index (χ2v) is 6.14. The van der Waals surface area contributed by atoms with Crippen molar-refractivity contribution >= 4 is 21.6 Å². The molecule has 0 spiro atoms. The normalized spacial score (nSPS) is 11.6. The number of hydrogen-bond acceptors (Lipinski definition) is 5. The molecule has 0 aliphatic heterocycles. The Labute approximate surface area is 104 Å². The lowest BCUT2D eigenvalue weighted by atomic mass is 10.3. The molecule has 0 saturated heterocycles.